The molecule has 2 aromatic carbocycles. The van der Waals surface area contributed by atoms with Crippen LogP contribution < -0.4 is 4.74 Å². The summed E-state index contributed by atoms with van der Waals surface area (Å²) in [5, 5.41) is 14.2. The van der Waals surface area contributed by atoms with E-state index < -0.39 is 5.97 Å². The van der Waals surface area contributed by atoms with E-state index in [2.05, 4.69) is 5.16 Å². The highest BCUT2D eigenvalue weighted by Crippen LogP contribution is 2.38. The second kappa shape index (κ2) is 8.03. The average molecular weight is 406 g/mol. The molecule has 27 heavy (non-hydrogen) atoms. The minimum atomic E-state index is -1.02. The molecule has 5 nitrogen and oxygen atoms in total. The molecule has 0 spiro atoms. The number of carboxylic acids is 1. The van der Waals surface area contributed by atoms with Gasteiger partial charge in [0.2, 0.25) is 0 Å². The van der Waals surface area contributed by atoms with Crippen molar-refractivity contribution in [1.82, 2.24) is 5.16 Å². The van der Waals surface area contributed by atoms with Crippen molar-refractivity contribution < 1.29 is 19.2 Å². The normalized spacial score (nSPS) is 11.0. The minimum Gasteiger partial charge on any atom is -0.489 e. The van der Waals surface area contributed by atoms with Gasteiger partial charge in [-0.3, -0.25) is 0 Å². The van der Waals surface area contributed by atoms with E-state index in [0.29, 0.717) is 32.8 Å². The number of rotatable bonds is 6. The van der Waals surface area contributed by atoms with Gasteiger partial charge in [0.05, 0.1) is 21.2 Å². The molecule has 0 unspecified atom stereocenters. The van der Waals surface area contributed by atoms with E-state index in [1.807, 2.05) is 13.8 Å². The van der Waals surface area contributed by atoms with Gasteiger partial charge >= 0.3 is 5.97 Å². The number of nitrogens with zero attached hydrogens (tertiary/aromatic N) is 1. The van der Waals surface area contributed by atoms with Crippen molar-refractivity contribution in [2.45, 2.75) is 26.4 Å². The Morgan fingerprint density at radius 1 is 1.19 bits per heavy atom. The van der Waals surface area contributed by atoms with Gasteiger partial charge in [0, 0.05) is 11.5 Å². The third-order valence-corrected chi connectivity index (χ3v) is 4.64. The largest absolute Gasteiger partial charge is 0.489 e. The van der Waals surface area contributed by atoms with E-state index >= 15 is 0 Å². The van der Waals surface area contributed by atoms with Crippen LogP contribution in [0.15, 0.2) is 47.0 Å². The van der Waals surface area contributed by atoms with Gasteiger partial charge in [-0.25, -0.2) is 4.79 Å². The Morgan fingerprint density at radius 3 is 2.48 bits per heavy atom. The summed E-state index contributed by atoms with van der Waals surface area (Å²) >= 11 is 12.7. The second-order valence-electron chi connectivity index (χ2n) is 6.25. The summed E-state index contributed by atoms with van der Waals surface area (Å²) in [6.45, 7) is 4.09. The summed E-state index contributed by atoms with van der Waals surface area (Å²) in [7, 11) is 0. The topological polar surface area (TPSA) is 72.6 Å². The van der Waals surface area contributed by atoms with Gasteiger partial charge in [0.25, 0.3) is 0 Å². The minimum absolute atomic E-state index is 0.0662. The molecule has 0 radical (unpaired) electrons. The van der Waals surface area contributed by atoms with Crippen LogP contribution in [0.25, 0.3) is 11.3 Å². The van der Waals surface area contributed by atoms with Crippen LogP contribution in [0.3, 0.4) is 0 Å². The standard InChI is InChI=1S/C20H17Cl2NO4/c1-11(2)19-14(10-26-13-6-3-5-12(9-13)20(24)25)18(23-27-19)17-15(21)7-4-8-16(17)22/h3-9,11H,10H2,1-2H3,(H,24,25). The Morgan fingerprint density at radius 2 is 1.85 bits per heavy atom. The van der Waals surface area contributed by atoms with Crippen LogP contribution in [0.5, 0.6) is 5.75 Å². The van der Waals surface area contributed by atoms with Gasteiger partial charge < -0.3 is 14.4 Å². The number of aromatic nitrogens is 1. The Labute approximate surface area is 166 Å². The molecule has 0 aliphatic rings. The number of aromatic carboxylic acids is 1. The summed E-state index contributed by atoms with van der Waals surface area (Å²) in [6.07, 6.45) is 0. The molecule has 0 saturated carbocycles. The fraction of sp³-hybridized carbons (Fsp3) is 0.200. The lowest BCUT2D eigenvalue weighted by Gasteiger charge is -2.11. The summed E-state index contributed by atoms with van der Waals surface area (Å²) < 4.78 is 11.4. The number of hydrogen-bond donors (Lipinski definition) is 1. The summed E-state index contributed by atoms with van der Waals surface area (Å²) in [5.74, 6) is 0.144. The van der Waals surface area contributed by atoms with Crippen LogP contribution in [0.4, 0.5) is 0 Å². The maximum atomic E-state index is 11.1. The second-order valence-corrected chi connectivity index (χ2v) is 7.06. The van der Waals surface area contributed by atoms with E-state index in [9.17, 15) is 4.79 Å². The first-order chi connectivity index (χ1) is 12.9. The molecule has 1 N–H and O–H groups in total. The zero-order valence-corrected chi connectivity index (χ0v) is 16.2. The Bertz CT molecular complexity index is 962. The first-order valence-electron chi connectivity index (χ1n) is 8.27. The number of ether oxygens (including phenoxy) is 1. The first kappa shape index (κ1) is 19.3. The highest BCUT2D eigenvalue weighted by Gasteiger charge is 2.23. The number of carbonyl (C=O) groups is 1. The quantitative estimate of drug-likeness (QED) is 0.540. The van der Waals surface area contributed by atoms with Gasteiger partial charge in [-0.1, -0.05) is 54.3 Å². The maximum Gasteiger partial charge on any atom is 0.335 e. The maximum absolute atomic E-state index is 11.1. The molecule has 0 saturated heterocycles. The van der Waals surface area contributed by atoms with Gasteiger partial charge in [-0.05, 0) is 30.3 Å². The molecule has 3 rings (SSSR count). The molecule has 3 aromatic rings. The van der Waals surface area contributed by atoms with Crippen molar-refractivity contribution in [1.29, 1.82) is 0 Å². The Hall–Kier alpha value is -2.50. The fourth-order valence-corrected chi connectivity index (χ4v) is 3.29. The Kier molecular flexibility index (Phi) is 5.73. The highest BCUT2D eigenvalue weighted by molar-refractivity contribution is 6.39. The lowest BCUT2D eigenvalue weighted by Crippen LogP contribution is -2.02. The molecule has 1 heterocycles. The van der Waals surface area contributed by atoms with Crippen LogP contribution in [-0.4, -0.2) is 16.2 Å². The van der Waals surface area contributed by atoms with Crippen LogP contribution in [0.2, 0.25) is 10.0 Å². The van der Waals surface area contributed by atoms with E-state index in [1.54, 1.807) is 30.3 Å². The van der Waals surface area contributed by atoms with Gasteiger partial charge in [0.1, 0.15) is 23.8 Å². The van der Waals surface area contributed by atoms with Crippen molar-refractivity contribution in [2.75, 3.05) is 0 Å². The van der Waals surface area contributed by atoms with Crippen LogP contribution in [-0.2, 0) is 6.61 Å². The van der Waals surface area contributed by atoms with Crippen LogP contribution in [0.1, 0.15) is 41.4 Å². The number of halogens is 2. The molecule has 0 aliphatic carbocycles. The third-order valence-electron chi connectivity index (χ3n) is 4.01. The zero-order chi connectivity index (χ0) is 19.6. The monoisotopic (exact) mass is 405 g/mol. The first-order valence-corrected chi connectivity index (χ1v) is 9.03. The van der Waals surface area contributed by atoms with Crippen molar-refractivity contribution in [2.24, 2.45) is 0 Å². The zero-order valence-electron chi connectivity index (χ0n) is 14.7. The molecule has 140 valence electrons. The number of benzene rings is 2. The summed E-state index contributed by atoms with van der Waals surface area (Å²) in [6, 6.07) is 11.5. The highest BCUT2D eigenvalue weighted by atomic mass is 35.5. The van der Waals surface area contributed by atoms with Gasteiger partial charge in [-0.15, -0.1) is 0 Å². The summed E-state index contributed by atoms with van der Waals surface area (Å²) in [4.78, 5) is 11.1. The van der Waals surface area contributed by atoms with E-state index in [0.717, 1.165) is 5.56 Å². The van der Waals surface area contributed by atoms with Crippen molar-refractivity contribution in [3.63, 3.8) is 0 Å². The van der Waals surface area contributed by atoms with E-state index in [4.69, 9.17) is 37.6 Å². The van der Waals surface area contributed by atoms with Crippen LogP contribution in [0, 0.1) is 0 Å². The van der Waals surface area contributed by atoms with Gasteiger partial charge in [-0.2, -0.15) is 0 Å². The molecular formula is C20H17Cl2NO4. The SMILES string of the molecule is CC(C)c1onc(-c2c(Cl)cccc2Cl)c1COc1cccc(C(=O)O)c1. The molecule has 0 atom stereocenters. The van der Waals surface area contributed by atoms with E-state index in [1.165, 1.54) is 12.1 Å². The van der Waals surface area contributed by atoms with Crippen molar-refractivity contribution in [3.05, 3.63) is 69.4 Å². The molecule has 0 aliphatic heterocycles. The summed E-state index contributed by atoms with van der Waals surface area (Å²) in [5.41, 5.74) is 1.97. The average Bonchev–Trinajstić information content (AvgIpc) is 3.04. The molecule has 0 fully saturated rings. The third kappa shape index (κ3) is 4.10. The van der Waals surface area contributed by atoms with E-state index in [-0.39, 0.29) is 18.1 Å². The molecule has 1 aromatic heterocycles. The smallest absolute Gasteiger partial charge is 0.335 e. The van der Waals surface area contributed by atoms with Crippen molar-refractivity contribution >= 4 is 29.2 Å². The van der Waals surface area contributed by atoms with Crippen molar-refractivity contribution in [3.8, 4) is 17.0 Å². The molecular weight excluding hydrogens is 389 g/mol. The lowest BCUT2D eigenvalue weighted by atomic mass is 10.0. The van der Waals surface area contributed by atoms with Gasteiger partial charge in [0.15, 0.2) is 0 Å². The Balaban J connectivity index is 1.98. The predicted molar refractivity (Wildman–Crippen MR) is 104 cm³/mol. The fourth-order valence-electron chi connectivity index (χ4n) is 2.71. The molecule has 0 amide bonds. The molecule has 0 bridgehead atoms. The van der Waals surface area contributed by atoms with Crippen LogP contribution >= 0.6 is 23.2 Å². The lowest BCUT2D eigenvalue weighted by molar-refractivity contribution is 0.0696. The predicted octanol–water partition coefficient (Wildman–Crippen LogP) is 6.05. The number of hydrogen-bond acceptors (Lipinski definition) is 4. The number of carboxylic acid groups (broad SMARTS) is 1. The molecule has 7 heteroatoms.